The van der Waals surface area contributed by atoms with Crippen molar-refractivity contribution in [3.8, 4) is 0 Å². The average molecular weight is 420 g/mol. The molecule has 2 aromatic rings. The third-order valence-electron chi connectivity index (χ3n) is 2.30. The zero-order valence-electron chi connectivity index (χ0n) is 9.08. The Labute approximate surface area is 126 Å². The van der Waals surface area contributed by atoms with Crippen molar-refractivity contribution in [3.05, 3.63) is 61.9 Å². The van der Waals surface area contributed by atoms with Crippen LogP contribution in [0.4, 0.5) is 10.1 Å². The zero-order chi connectivity index (χ0) is 13.1. The van der Waals surface area contributed by atoms with Crippen LogP contribution in [0.15, 0.2) is 46.9 Å². The molecule has 92 valence electrons. The van der Waals surface area contributed by atoms with Gasteiger partial charge in [-0.2, -0.15) is 0 Å². The fraction of sp³-hybridized carbons (Fsp3) is 0. The number of rotatable bonds is 2. The SMILES string of the molecule is O=C(Nc1cc(Br)ccc1F)c1ccccc1I. The van der Waals surface area contributed by atoms with Crippen molar-refractivity contribution in [3.63, 3.8) is 0 Å². The smallest absolute Gasteiger partial charge is 0.256 e. The number of amides is 1. The van der Waals surface area contributed by atoms with Gasteiger partial charge in [0.05, 0.1) is 11.3 Å². The van der Waals surface area contributed by atoms with E-state index < -0.39 is 5.82 Å². The highest BCUT2D eigenvalue weighted by Gasteiger charge is 2.11. The third-order valence-corrected chi connectivity index (χ3v) is 3.73. The van der Waals surface area contributed by atoms with Crippen LogP contribution >= 0.6 is 38.5 Å². The Morgan fingerprint density at radius 2 is 1.94 bits per heavy atom. The van der Waals surface area contributed by atoms with Crippen LogP contribution in [-0.2, 0) is 0 Å². The zero-order valence-corrected chi connectivity index (χ0v) is 12.8. The summed E-state index contributed by atoms with van der Waals surface area (Å²) in [5.74, 6) is -0.783. The van der Waals surface area contributed by atoms with E-state index in [2.05, 4.69) is 43.8 Å². The van der Waals surface area contributed by atoms with Gasteiger partial charge in [0.1, 0.15) is 5.82 Å². The van der Waals surface area contributed by atoms with Crippen molar-refractivity contribution >= 4 is 50.1 Å². The van der Waals surface area contributed by atoms with Gasteiger partial charge in [-0.1, -0.05) is 28.1 Å². The summed E-state index contributed by atoms with van der Waals surface area (Å²) in [6.07, 6.45) is 0. The van der Waals surface area contributed by atoms with Gasteiger partial charge in [-0.05, 0) is 52.9 Å². The molecule has 0 atom stereocenters. The largest absolute Gasteiger partial charge is 0.319 e. The molecule has 0 heterocycles. The Balaban J connectivity index is 2.27. The van der Waals surface area contributed by atoms with E-state index in [1.807, 2.05) is 12.1 Å². The van der Waals surface area contributed by atoms with E-state index in [1.54, 1.807) is 18.2 Å². The van der Waals surface area contributed by atoms with Crippen LogP contribution in [0.25, 0.3) is 0 Å². The van der Waals surface area contributed by atoms with Crippen molar-refractivity contribution in [1.29, 1.82) is 0 Å². The molecule has 2 nitrogen and oxygen atoms in total. The topological polar surface area (TPSA) is 29.1 Å². The molecule has 0 spiro atoms. The first kappa shape index (κ1) is 13.5. The van der Waals surface area contributed by atoms with E-state index in [4.69, 9.17) is 0 Å². The maximum absolute atomic E-state index is 13.5. The van der Waals surface area contributed by atoms with Crippen molar-refractivity contribution in [2.75, 3.05) is 5.32 Å². The predicted octanol–water partition coefficient (Wildman–Crippen LogP) is 4.45. The molecule has 5 heteroatoms. The van der Waals surface area contributed by atoms with E-state index in [-0.39, 0.29) is 11.6 Å². The number of carbonyl (C=O) groups excluding carboxylic acids is 1. The van der Waals surface area contributed by atoms with Crippen LogP contribution in [0.1, 0.15) is 10.4 Å². The standard InChI is InChI=1S/C13H8BrFINO/c14-8-5-6-10(15)12(7-8)17-13(18)9-3-1-2-4-11(9)16/h1-7H,(H,17,18). The first-order chi connectivity index (χ1) is 8.58. The van der Waals surface area contributed by atoms with Gasteiger partial charge in [-0.3, -0.25) is 4.79 Å². The average Bonchev–Trinajstić information content (AvgIpc) is 2.34. The van der Waals surface area contributed by atoms with Gasteiger partial charge in [0.15, 0.2) is 0 Å². The summed E-state index contributed by atoms with van der Waals surface area (Å²) in [5.41, 5.74) is 0.687. The number of anilines is 1. The van der Waals surface area contributed by atoms with Gasteiger partial charge in [0.2, 0.25) is 0 Å². The lowest BCUT2D eigenvalue weighted by molar-refractivity contribution is 0.102. The molecule has 0 saturated carbocycles. The quantitative estimate of drug-likeness (QED) is 0.716. The van der Waals surface area contributed by atoms with E-state index >= 15 is 0 Å². The number of carbonyl (C=O) groups is 1. The van der Waals surface area contributed by atoms with Crippen LogP contribution in [-0.4, -0.2) is 5.91 Å². The lowest BCUT2D eigenvalue weighted by Crippen LogP contribution is -2.14. The second kappa shape index (κ2) is 5.79. The Bertz CT molecular complexity index is 603. The Morgan fingerprint density at radius 1 is 1.22 bits per heavy atom. The van der Waals surface area contributed by atoms with E-state index in [0.717, 1.165) is 3.57 Å². The summed E-state index contributed by atoms with van der Waals surface area (Å²) in [6, 6.07) is 11.6. The fourth-order valence-electron chi connectivity index (χ4n) is 1.43. The lowest BCUT2D eigenvalue weighted by Gasteiger charge is -2.08. The van der Waals surface area contributed by atoms with E-state index in [0.29, 0.717) is 10.0 Å². The lowest BCUT2D eigenvalue weighted by atomic mass is 10.2. The minimum atomic E-state index is -0.461. The molecule has 0 aromatic heterocycles. The minimum absolute atomic E-state index is 0.161. The Hall–Kier alpha value is -0.950. The van der Waals surface area contributed by atoms with Crippen LogP contribution in [0.2, 0.25) is 0 Å². The number of hydrogen-bond acceptors (Lipinski definition) is 1. The van der Waals surface area contributed by atoms with Crippen molar-refractivity contribution in [1.82, 2.24) is 0 Å². The van der Waals surface area contributed by atoms with Crippen molar-refractivity contribution in [2.45, 2.75) is 0 Å². The summed E-state index contributed by atoms with van der Waals surface area (Å²) in [4.78, 5) is 12.0. The highest BCUT2D eigenvalue weighted by Crippen LogP contribution is 2.21. The first-order valence-corrected chi connectivity index (χ1v) is 6.96. The molecule has 18 heavy (non-hydrogen) atoms. The first-order valence-electron chi connectivity index (χ1n) is 5.09. The highest BCUT2D eigenvalue weighted by molar-refractivity contribution is 14.1. The highest BCUT2D eigenvalue weighted by atomic mass is 127. The molecule has 2 rings (SSSR count). The molecule has 0 fully saturated rings. The summed E-state index contributed by atoms with van der Waals surface area (Å²) in [6.45, 7) is 0. The second-order valence-corrected chi connectivity index (χ2v) is 5.64. The van der Waals surface area contributed by atoms with Gasteiger partial charge in [-0.25, -0.2) is 4.39 Å². The van der Waals surface area contributed by atoms with Crippen LogP contribution in [0.5, 0.6) is 0 Å². The number of benzene rings is 2. The molecule has 0 radical (unpaired) electrons. The number of halogens is 3. The summed E-state index contributed by atoms with van der Waals surface area (Å²) >= 11 is 5.31. The number of nitrogens with one attached hydrogen (secondary N) is 1. The molecular weight excluding hydrogens is 412 g/mol. The van der Waals surface area contributed by atoms with Crippen LogP contribution in [0.3, 0.4) is 0 Å². The molecule has 0 aliphatic carbocycles. The Morgan fingerprint density at radius 3 is 2.67 bits per heavy atom. The van der Waals surface area contributed by atoms with E-state index in [9.17, 15) is 9.18 Å². The van der Waals surface area contributed by atoms with Crippen LogP contribution < -0.4 is 5.32 Å². The summed E-state index contributed by atoms with van der Waals surface area (Å²) in [7, 11) is 0. The van der Waals surface area contributed by atoms with Crippen molar-refractivity contribution in [2.24, 2.45) is 0 Å². The summed E-state index contributed by atoms with van der Waals surface area (Å²) < 4.78 is 15.0. The van der Waals surface area contributed by atoms with Crippen LogP contribution in [0, 0.1) is 9.39 Å². The maximum Gasteiger partial charge on any atom is 0.256 e. The number of hydrogen-bond donors (Lipinski definition) is 1. The van der Waals surface area contributed by atoms with Gasteiger partial charge in [-0.15, -0.1) is 0 Å². The summed E-state index contributed by atoms with van der Waals surface area (Å²) in [5, 5.41) is 2.56. The predicted molar refractivity (Wildman–Crippen MR) is 81.2 cm³/mol. The van der Waals surface area contributed by atoms with Gasteiger partial charge < -0.3 is 5.32 Å². The fourth-order valence-corrected chi connectivity index (χ4v) is 2.42. The molecule has 0 aliphatic rings. The third kappa shape index (κ3) is 3.08. The molecule has 1 N–H and O–H groups in total. The molecule has 0 aliphatic heterocycles. The Kier molecular flexibility index (Phi) is 4.34. The molecule has 1 amide bonds. The molecule has 2 aromatic carbocycles. The molecule has 0 saturated heterocycles. The second-order valence-electron chi connectivity index (χ2n) is 3.56. The monoisotopic (exact) mass is 419 g/mol. The van der Waals surface area contributed by atoms with Gasteiger partial charge in [0.25, 0.3) is 5.91 Å². The van der Waals surface area contributed by atoms with E-state index in [1.165, 1.54) is 12.1 Å². The van der Waals surface area contributed by atoms with Crippen molar-refractivity contribution < 1.29 is 9.18 Å². The normalized spacial score (nSPS) is 10.2. The maximum atomic E-state index is 13.5. The molecule has 0 bridgehead atoms. The van der Waals surface area contributed by atoms with Gasteiger partial charge in [0, 0.05) is 8.04 Å². The molecular formula is C13H8BrFINO. The molecule has 0 unspecified atom stereocenters. The minimum Gasteiger partial charge on any atom is -0.319 e. The van der Waals surface area contributed by atoms with Gasteiger partial charge >= 0.3 is 0 Å².